The highest BCUT2D eigenvalue weighted by Crippen LogP contribution is 2.37. The number of nitrogens with one attached hydrogen (secondary N) is 1. The van der Waals surface area contributed by atoms with Gasteiger partial charge in [-0.2, -0.15) is 0 Å². The van der Waals surface area contributed by atoms with Gasteiger partial charge in [0.15, 0.2) is 0 Å². The number of aryl methyl sites for hydroxylation is 1. The van der Waals surface area contributed by atoms with E-state index in [-0.39, 0.29) is 23.3 Å². The largest absolute Gasteiger partial charge is 0.497 e. The van der Waals surface area contributed by atoms with Crippen LogP contribution in [0, 0.1) is 5.92 Å². The van der Waals surface area contributed by atoms with E-state index in [9.17, 15) is 13.2 Å². The fourth-order valence-corrected chi connectivity index (χ4v) is 5.35. The number of carboxylic acids is 1. The van der Waals surface area contributed by atoms with Crippen LogP contribution in [-0.4, -0.2) is 26.6 Å². The lowest BCUT2D eigenvalue weighted by Gasteiger charge is -2.25. The Bertz CT molecular complexity index is 933. The summed E-state index contributed by atoms with van der Waals surface area (Å²) < 4.78 is 34.1. The zero-order valence-corrected chi connectivity index (χ0v) is 18.0. The monoisotopic (exact) mass is 431 g/mol. The van der Waals surface area contributed by atoms with Crippen molar-refractivity contribution in [2.75, 3.05) is 7.11 Å². The minimum atomic E-state index is -3.67. The van der Waals surface area contributed by atoms with Crippen molar-refractivity contribution >= 4 is 16.0 Å². The molecule has 162 valence electrons. The third kappa shape index (κ3) is 5.83. The second-order valence-electron chi connectivity index (χ2n) is 7.81. The number of carbonyl (C=O) groups is 1. The molecule has 2 N–H and O–H groups in total. The summed E-state index contributed by atoms with van der Waals surface area (Å²) in [7, 11) is -2.13. The Morgan fingerprint density at radius 1 is 1.10 bits per heavy atom. The van der Waals surface area contributed by atoms with Crippen LogP contribution < -0.4 is 9.46 Å². The number of sulfonamides is 1. The second-order valence-corrected chi connectivity index (χ2v) is 9.52. The highest BCUT2D eigenvalue weighted by molar-refractivity contribution is 7.89. The Hall–Kier alpha value is -2.38. The van der Waals surface area contributed by atoms with Gasteiger partial charge in [-0.05, 0) is 67.0 Å². The number of hydrogen-bond acceptors (Lipinski definition) is 4. The fraction of sp³-hybridized carbons (Fsp3) is 0.435. The average Bonchev–Trinajstić information content (AvgIpc) is 3.27. The summed E-state index contributed by atoms with van der Waals surface area (Å²) in [5, 5.41) is 8.79. The molecule has 1 fully saturated rings. The SMILES string of the molecule is COc1ccc(S(=O)(=O)NC(c2ccc(CCCC(=O)O)cc2)C2CCCC2)cc1. The van der Waals surface area contributed by atoms with Gasteiger partial charge in [-0.15, -0.1) is 0 Å². The first-order chi connectivity index (χ1) is 14.4. The lowest BCUT2D eigenvalue weighted by atomic mass is 9.91. The highest BCUT2D eigenvalue weighted by atomic mass is 32.2. The summed E-state index contributed by atoms with van der Waals surface area (Å²) in [5.74, 6) is 0.0801. The zero-order valence-electron chi connectivity index (χ0n) is 17.2. The molecule has 2 aromatic carbocycles. The van der Waals surface area contributed by atoms with Crippen LogP contribution in [0.3, 0.4) is 0 Å². The van der Waals surface area contributed by atoms with Crippen molar-refractivity contribution in [3.05, 3.63) is 59.7 Å². The number of rotatable bonds is 10. The Labute approximate surface area is 178 Å². The minimum absolute atomic E-state index is 0.147. The molecule has 0 heterocycles. The van der Waals surface area contributed by atoms with E-state index >= 15 is 0 Å². The van der Waals surface area contributed by atoms with Crippen LogP contribution >= 0.6 is 0 Å². The smallest absolute Gasteiger partial charge is 0.303 e. The molecular weight excluding hydrogens is 402 g/mol. The van der Waals surface area contributed by atoms with Gasteiger partial charge in [0.25, 0.3) is 0 Å². The second kappa shape index (κ2) is 10.1. The highest BCUT2D eigenvalue weighted by Gasteiger charge is 2.30. The van der Waals surface area contributed by atoms with E-state index in [1.807, 2.05) is 24.3 Å². The number of methoxy groups -OCH3 is 1. The van der Waals surface area contributed by atoms with Crippen LogP contribution in [0.1, 0.15) is 55.7 Å². The molecule has 30 heavy (non-hydrogen) atoms. The number of ether oxygens (including phenoxy) is 1. The molecule has 1 unspecified atom stereocenters. The van der Waals surface area contributed by atoms with Gasteiger partial charge >= 0.3 is 5.97 Å². The van der Waals surface area contributed by atoms with Crippen molar-refractivity contribution in [2.24, 2.45) is 5.92 Å². The zero-order chi connectivity index (χ0) is 21.6. The Kier molecular flexibility index (Phi) is 7.50. The number of carboxylic acid groups (broad SMARTS) is 1. The lowest BCUT2D eigenvalue weighted by molar-refractivity contribution is -0.137. The van der Waals surface area contributed by atoms with E-state index in [2.05, 4.69) is 4.72 Å². The molecule has 0 saturated heterocycles. The lowest BCUT2D eigenvalue weighted by Crippen LogP contribution is -2.32. The van der Waals surface area contributed by atoms with Crippen molar-refractivity contribution in [2.45, 2.75) is 55.9 Å². The van der Waals surface area contributed by atoms with Crippen LogP contribution in [0.5, 0.6) is 5.75 Å². The fourth-order valence-electron chi connectivity index (χ4n) is 4.05. The molecule has 2 aromatic rings. The maximum atomic E-state index is 13.0. The molecular formula is C23H29NO5S. The van der Waals surface area contributed by atoms with E-state index in [1.165, 1.54) is 0 Å². The van der Waals surface area contributed by atoms with Crippen LogP contribution in [0.2, 0.25) is 0 Å². The quantitative estimate of drug-likeness (QED) is 0.585. The van der Waals surface area contributed by atoms with Gasteiger partial charge in [0.1, 0.15) is 5.75 Å². The molecule has 7 heteroatoms. The molecule has 3 rings (SSSR count). The molecule has 0 aliphatic heterocycles. The van der Waals surface area contributed by atoms with E-state index < -0.39 is 16.0 Å². The van der Waals surface area contributed by atoms with E-state index in [0.29, 0.717) is 18.6 Å². The van der Waals surface area contributed by atoms with Crippen molar-refractivity contribution in [1.82, 2.24) is 4.72 Å². The van der Waals surface area contributed by atoms with Gasteiger partial charge < -0.3 is 9.84 Å². The average molecular weight is 432 g/mol. The van der Waals surface area contributed by atoms with Crippen molar-refractivity contribution < 1.29 is 23.1 Å². The maximum Gasteiger partial charge on any atom is 0.303 e. The summed E-state index contributed by atoms with van der Waals surface area (Å²) >= 11 is 0. The molecule has 0 bridgehead atoms. The number of hydrogen-bond donors (Lipinski definition) is 2. The molecule has 0 radical (unpaired) electrons. The van der Waals surface area contributed by atoms with E-state index in [1.54, 1.807) is 31.4 Å². The van der Waals surface area contributed by atoms with E-state index in [0.717, 1.165) is 36.8 Å². The molecule has 1 atom stereocenters. The third-order valence-electron chi connectivity index (χ3n) is 5.72. The Morgan fingerprint density at radius 2 is 1.73 bits per heavy atom. The van der Waals surface area contributed by atoms with Crippen LogP contribution in [-0.2, 0) is 21.2 Å². The van der Waals surface area contributed by atoms with Crippen molar-refractivity contribution in [3.8, 4) is 5.75 Å². The predicted molar refractivity (Wildman–Crippen MR) is 115 cm³/mol. The Morgan fingerprint density at radius 3 is 2.30 bits per heavy atom. The first kappa shape index (κ1) is 22.3. The molecule has 0 aromatic heterocycles. The molecule has 1 aliphatic carbocycles. The van der Waals surface area contributed by atoms with Crippen LogP contribution in [0.4, 0.5) is 0 Å². The summed E-state index contributed by atoms with van der Waals surface area (Å²) in [6, 6.07) is 14.0. The van der Waals surface area contributed by atoms with Crippen molar-refractivity contribution in [3.63, 3.8) is 0 Å². The Balaban J connectivity index is 1.78. The van der Waals surface area contributed by atoms with E-state index in [4.69, 9.17) is 9.84 Å². The minimum Gasteiger partial charge on any atom is -0.497 e. The third-order valence-corrected chi connectivity index (χ3v) is 7.18. The summed E-state index contributed by atoms with van der Waals surface area (Å²) in [6.07, 6.45) is 5.64. The molecule has 0 amide bonds. The molecule has 1 aliphatic rings. The normalized spacial score (nSPS) is 15.8. The summed E-state index contributed by atoms with van der Waals surface area (Å²) in [5.41, 5.74) is 2.00. The number of benzene rings is 2. The van der Waals surface area contributed by atoms with Gasteiger partial charge in [-0.25, -0.2) is 13.1 Å². The topological polar surface area (TPSA) is 92.7 Å². The first-order valence-corrected chi connectivity index (χ1v) is 11.8. The summed E-state index contributed by atoms with van der Waals surface area (Å²) in [6.45, 7) is 0. The number of aliphatic carboxylic acids is 1. The van der Waals surface area contributed by atoms with Gasteiger partial charge in [0, 0.05) is 12.5 Å². The van der Waals surface area contributed by atoms with Crippen LogP contribution in [0.25, 0.3) is 0 Å². The summed E-state index contributed by atoms with van der Waals surface area (Å²) in [4.78, 5) is 10.9. The van der Waals surface area contributed by atoms with Crippen molar-refractivity contribution in [1.29, 1.82) is 0 Å². The molecule has 1 saturated carbocycles. The van der Waals surface area contributed by atoms with Gasteiger partial charge in [0.2, 0.25) is 10.0 Å². The van der Waals surface area contributed by atoms with Gasteiger partial charge in [-0.3, -0.25) is 4.79 Å². The van der Waals surface area contributed by atoms with Gasteiger partial charge in [-0.1, -0.05) is 37.1 Å². The maximum absolute atomic E-state index is 13.0. The molecule has 6 nitrogen and oxygen atoms in total. The molecule has 0 spiro atoms. The predicted octanol–water partition coefficient (Wildman–Crippen LogP) is 4.31. The first-order valence-electron chi connectivity index (χ1n) is 10.4. The van der Waals surface area contributed by atoms with Crippen LogP contribution in [0.15, 0.2) is 53.4 Å². The van der Waals surface area contributed by atoms with Gasteiger partial charge in [0.05, 0.1) is 12.0 Å². The standard InChI is InChI=1S/C23H29NO5S/c1-29-20-13-15-21(16-14-20)30(27,28)24-23(18-6-2-3-7-18)19-11-9-17(10-12-19)5-4-8-22(25)26/h9-16,18,23-24H,2-8H2,1H3,(H,25,26).